The molecule has 0 spiro atoms. The van der Waals surface area contributed by atoms with E-state index in [9.17, 15) is 22.7 Å². The molecule has 1 heterocycles. The number of piperidine rings is 1. The number of likely N-dealkylation sites (tertiary alicyclic amines) is 1. The van der Waals surface area contributed by atoms with Gasteiger partial charge in [0.05, 0.1) is 12.4 Å². The summed E-state index contributed by atoms with van der Waals surface area (Å²) in [7, 11) is -3.86. The van der Waals surface area contributed by atoms with Gasteiger partial charge in [-0.3, -0.25) is 8.98 Å². The summed E-state index contributed by atoms with van der Waals surface area (Å²) >= 11 is 6.06. The van der Waals surface area contributed by atoms with Crippen LogP contribution in [0.3, 0.4) is 0 Å². The third-order valence-corrected chi connectivity index (χ3v) is 7.48. The molecule has 0 aliphatic carbocycles. The number of rotatable bonds is 9. The summed E-state index contributed by atoms with van der Waals surface area (Å²) in [6.07, 6.45) is 0.858. The van der Waals surface area contributed by atoms with Gasteiger partial charge in [-0.25, -0.2) is 4.39 Å². The summed E-state index contributed by atoms with van der Waals surface area (Å²) in [5.41, 5.74) is 1.07. The molecule has 2 unspecified atom stereocenters. The zero-order valence-corrected chi connectivity index (χ0v) is 21.5. The number of hydrogen-bond donors (Lipinski definition) is 1. The van der Waals surface area contributed by atoms with Gasteiger partial charge in [0.2, 0.25) is 0 Å². The summed E-state index contributed by atoms with van der Waals surface area (Å²) in [6, 6.07) is 16.5. The Labute approximate surface area is 215 Å². The molecule has 9 heteroatoms. The highest BCUT2D eigenvalue weighted by atomic mass is 35.5. The van der Waals surface area contributed by atoms with Crippen LogP contribution in [0.15, 0.2) is 60.7 Å². The van der Waals surface area contributed by atoms with Gasteiger partial charge in [-0.05, 0) is 97.1 Å². The molecule has 0 saturated carbocycles. The molecular formula is C27H29ClFNO5S. The fourth-order valence-electron chi connectivity index (χ4n) is 4.72. The normalized spacial score (nSPS) is 17.2. The number of aliphatic hydroxyl groups excluding tert-OH is 1. The highest BCUT2D eigenvalue weighted by molar-refractivity contribution is 7.86. The van der Waals surface area contributed by atoms with Gasteiger partial charge in [0.15, 0.2) is 5.78 Å². The first-order valence-electron chi connectivity index (χ1n) is 11.9. The van der Waals surface area contributed by atoms with E-state index in [4.69, 9.17) is 15.8 Å². The number of nitrogens with zero attached hydrogens (tertiary/aromatic N) is 1. The predicted octanol–water partition coefficient (Wildman–Crippen LogP) is 5.00. The van der Waals surface area contributed by atoms with E-state index in [0.29, 0.717) is 24.7 Å². The number of fused-ring (bicyclic) bond motifs is 1. The zero-order valence-electron chi connectivity index (χ0n) is 19.9. The number of carbonyl (C=O) groups excluding carboxylic acids is 1. The Kier molecular flexibility index (Phi) is 8.42. The van der Waals surface area contributed by atoms with Crippen LogP contribution in [-0.4, -0.2) is 56.2 Å². The lowest BCUT2D eigenvalue weighted by Crippen LogP contribution is -2.39. The molecule has 2 atom stereocenters. The zero-order chi connectivity index (χ0) is 25.9. The van der Waals surface area contributed by atoms with E-state index in [-0.39, 0.29) is 17.9 Å². The Bertz CT molecular complexity index is 1320. The first-order chi connectivity index (χ1) is 17.1. The van der Waals surface area contributed by atoms with Gasteiger partial charge >= 0.3 is 0 Å². The maximum Gasteiger partial charge on any atom is 0.265 e. The standard InChI is InChI=1S/C27H29ClFNO5S/c1-36(33,34)35-25(27(32)18-5-8-24(29)9-6-18)12-15-30-13-10-19(11-14-30)26(31)22-3-2-21-17-23(28)7-4-20(21)16-22/h2-9,16-17,19,25-26,31H,10-15H2,1H3. The summed E-state index contributed by atoms with van der Waals surface area (Å²) in [5.74, 6) is -0.886. The van der Waals surface area contributed by atoms with Gasteiger partial charge in [-0.2, -0.15) is 8.42 Å². The summed E-state index contributed by atoms with van der Waals surface area (Å²) in [4.78, 5) is 15.0. The molecule has 0 amide bonds. The van der Waals surface area contributed by atoms with Gasteiger partial charge in [0.1, 0.15) is 11.9 Å². The summed E-state index contributed by atoms with van der Waals surface area (Å²) in [5, 5.41) is 13.7. The molecule has 1 N–H and O–H groups in total. The van der Waals surface area contributed by atoms with Crippen molar-refractivity contribution in [2.45, 2.75) is 31.5 Å². The van der Waals surface area contributed by atoms with Crippen LogP contribution in [0.5, 0.6) is 0 Å². The smallest absolute Gasteiger partial charge is 0.265 e. The SMILES string of the molecule is CS(=O)(=O)OC(CCN1CCC(C(O)c2ccc3cc(Cl)ccc3c2)CC1)C(=O)c1ccc(F)cc1. The molecule has 0 radical (unpaired) electrons. The van der Waals surface area contributed by atoms with Crippen molar-refractivity contribution in [3.05, 3.63) is 82.6 Å². The lowest BCUT2D eigenvalue weighted by atomic mass is 9.86. The summed E-state index contributed by atoms with van der Waals surface area (Å²) in [6.45, 7) is 1.88. The van der Waals surface area contributed by atoms with Gasteiger partial charge in [0, 0.05) is 17.1 Å². The number of carbonyl (C=O) groups is 1. The van der Waals surface area contributed by atoms with E-state index in [1.54, 1.807) is 0 Å². The Hall–Kier alpha value is -2.36. The second-order valence-corrected chi connectivity index (χ2v) is 11.4. The average molecular weight is 534 g/mol. The highest BCUT2D eigenvalue weighted by Crippen LogP contribution is 2.33. The molecule has 36 heavy (non-hydrogen) atoms. The first-order valence-corrected chi connectivity index (χ1v) is 14.1. The number of Topliss-reactive ketones (excluding diaryl/α,β-unsaturated/α-hetero) is 1. The molecule has 3 aromatic rings. The maximum atomic E-state index is 13.2. The third kappa shape index (κ3) is 6.89. The van der Waals surface area contributed by atoms with E-state index in [0.717, 1.165) is 47.6 Å². The van der Waals surface area contributed by atoms with Crippen LogP contribution < -0.4 is 0 Å². The Morgan fingerprint density at radius 2 is 1.72 bits per heavy atom. The molecule has 1 fully saturated rings. The molecule has 1 aliphatic heterocycles. The van der Waals surface area contributed by atoms with Crippen molar-refractivity contribution in [2.75, 3.05) is 25.9 Å². The van der Waals surface area contributed by atoms with E-state index < -0.39 is 33.9 Å². The van der Waals surface area contributed by atoms with Crippen LogP contribution in [0.2, 0.25) is 5.02 Å². The van der Waals surface area contributed by atoms with Crippen molar-refractivity contribution in [3.63, 3.8) is 0 Å². The molecular weight excluding hydrogens is 505 g/mol. The van der Waals surface area contributed by atoms with Gasteiger partial charge in [-0.1, -0.05) is 29.8 Å². The number of hydrogen-bond acceptors (Lipinski definition) is 6. The van der Waals surface area contributed by atoms with E-state index >= 15 is 0 Å². The fourth-order valence-corrected chi connectivity index (χ4v) is 5.50. The highest BCUT2D eigenvalue weighted by Gasteiger charge is 2.29. The second kappa shape index (κ2) is 11.4. The average Bonchev–Trinajstić information content (AvgIpc) is 2.85. The molecule has 1 aliphatic rings. The number of aliphatic hydroxyl groups is 1. The van der Waals surface area contributed by atoms with Crippen LogP contribution in [-0.2, 0) is 14.3 Å². The Morgan fingerprint density at radius 1 is 1.08 bits per heavy atom. The molecule has 0 bridgehead atoms. The van der Waals surface area contributed by atoms with Crippen LogP contribution in [0.1, 0.15) is 41.3 Å². The topological polar surface area (TPSA) is 83.9 Å². The van der Waals surface area contributed by atoms with Gasteiger partial charge < -0.3 is 10.0 Å². The third-order valence-electron chi connectivity index (χ3n) is 6.67. The second-order valence-electron chi connectivity index (χ2n) is 9.32. The molecule has 6 nitrogen and oxygen atoms in total. The van der Waals surface area contributed by atoms with Crippen molar-refractivity contribution >= 4 is 38.3 Å². The van der Waals surface area contributed by atoms with E-state index in [1.807, 2.05) is 36.4 Å². The lowest BCUT2D eigenvalue weighted by molar-refractivity contribution is 0.0531. The predicted molar refractivity (Wildman–Crippen MR) is 138 cm³/mol. The van der Waals surface area contributed by atoms with Crippen molar-refractivity contribution in [1.82, 2.24) is 4.90 Å². The minimum atomic E-state index is -3.86. The molecule has 3 aromatic carbocycles. The number of halogens is 2. The van der Waals surface area contributed by atoms with Crippen molar-refractivity contribution in [3.8, 4) is 0 Å². The van der Waals surface area contributed by atoms with Gasteiger partial charge in [-0.15, -0.1) is 0 Å². The summed E-state index contributed by atoms with van der Waals surface area (Å²) < 4.78 is 41.8. The maximum absolute atomic E-state index is 13.2. The van der Waals surface area contributed by atoms with E-state index in [1.165, 1.54) is 12.1 Å². The number of benzene rings is 3. The minimum absolute atomic E-state index is 0.0925. The van der Waals surface area contributed by atoms with Crippen molar-refractivity contribution < 1.29 is 26.9 Å². The van der Waals surface area contributed by atoms with Crippen LogP contribution in [0, 0.1) is 11.7 Å². The van der Waals surface area contributed by atoms with Crippen molar-refractivity contribution in [2.24, 2.45) is 5.92 Å². The van der Waals surface area contributed by atoms with E-state index in [2.05, 4.69) is 4.90 Å². The number of ketones is 1. The fraction of sp³-hybridized carbons (Fsp3) is 0.370. The molecule has 192 valence electrons. The van der Waals surface area contributed by atoms with Crippen molar-refractivity contribution in [1.29, 1.82) is 0 Å². The van der Waals surface area contributed by atoms with Gasteiger partial charge in [0.25, 0.3) is 10.1 Å². The molecule has 0 aromatic heterocycles. The largest absolute Gasteiger partial charge is 0.388 e. The first kappa shape index (κ1) is 26.7. The molecule has 4 rings (SSSR count). The minimum Gasteiger partial charge on any atom is -0.388 e. The monoisotopic (exact) mass is 533 g/mol. The van der Waals surface area contributed by atoms with Crippen LogP contribution in [0.4, 0.5) is 4.39 Å². The Balaban J connectivity index is 1.35. The lowest BCUT2D eigenvalue weighted by Gasteiger charge is -2.35. The molecule has 1 saturated heterocycles. The van der Waals surface area contributed by atoms with Crippen LogP contribution in [0.25, 0.3) is 10.8 Å². The Morgan fingerprint density at radius 3 is 2.39 bits per heavy atom. The quantitative estimate of drug-likeness (QED) is 0.308. The van der Waals surface area contributed by atoms with Crippen LogP contribution >= 0.6 is 11.6 Å².